The van der Waals surface area contributed by atoms with Crippen LogP contribution in [-0.4, -0.2) is 0 Å². The fraction of sp³-hybridized carbons (Fsp3) is 0.571. The molecule has 1 aromatic carbocycles. The first-order chi connectivity index (χ1) is 6.83. The Labute approximate surface area is 86.3 Å². The van der Waals surface area contributed by atoms with Crippen LogP contribution in [0.15, 0.2) is 24.3 Å². The second kappa shape index (κ2) is 3.12. The van der Waals surface area contributed by atoms with Crippen molar-refractivity contribution in [3.8, 4) is 0 Å². The van der Waals surface area contributed by atoms with Gasteiger partial charge in [-0.1, -0.05) is 36.2 Å². The molecule has 3 rings (SSSR count). The largest absolute Gasteiger partial charge is 0.0617 e. The Morgan fingerprint density at radius 2 is 2.07 bits per heavy atom. The molecule has 0 saturated heterocycles. The minimum Gasteiger partial charge on any atom is -0.0617 e. The Balaban J connectivity index is 1.89. The van der Waals surface area contributed by atoms with Gasteiger partial charge in [0.2, 0.25) is 0 Å². The molecule has 0 spiro atoms. The molecule has 0 aromatic heterocycles. The third-order valence-electron chi connectivity index (χ3n) is 4.21. The van der Waals surface area contributed by atoms with Crippen molar-refractivity contribution >= 4 is 0 Å². The van der Waals surface area contributed by atoms with E-state index in [1.54, 1.807) is 5.56 Å². The highest BCUT2D eigenvalue weighted by atomic mass is 14.4. The molecule has 0 heterocycles. The molecule has 3 atom stereocenters. The van der Waals surface area contributed by atoms with E-state index in [9.17, 15) is 0 Å². The van der Waals surface area contributed by atoms with Crippen LogP contribution in [0.2, 0.25) is 0 Å². The molecule has 0 heteroatoms. The van der Waals surface area contributed by atoms with E-state index < -0.39 is 0 Å². The first kappa shape index (κ1) is 8.52. The molecule has 1 aromatic rings. The summed E-state index contributed by atoms with van der Waals surface area (Å²) in [6, 6.07) is 9.15. The van der Waals surface area contributed by atoms with Crippen molar-refractivity contribution in [1.82, 2.24) is 0 Å². The molecule has 0 aliphatic heterocycles. The summed E-state index contributed by atoms with van der Waals surface area (Å²) >= 11 is 0. The van der Waals surface area contributed by atoms with Gasteiger partial charge in [0.15, 0.2) is 0 Å². The minimum absolute atomic E-state index is 0.897. The van der Waals surface area contributed by atoms with Crippen LogP contribution in [0.1, 0.15) is 42.7 Å². The van der Waals surface area contributed by atoms with Crippen LogP contribution < -0.4 is 0 Å². The summed E-state index contributed by atoms with van der Waals surface area (Å²) in [4.78, 5) is 0. The molecular formula is C14H18. The van der Waals surface area contributed by atoms with Crippen LogP contribution in [0.25, 0.3) is 0 Å². The monoisotopic (exact) mass is 186 g/mol. The standard InChI is InChI=1S/C14H18/c1-10-3-2-4-12(7-10)14-9-11-5-6-13(14)8-11/h2-4,7,11,13-14H,5-6,8-9H2,1H3/t11-,13+,14-/m0/s1. The fourth-order valence-electron chi connectivity index (χ4n) is 3.55. The van der Waals surface area contributed by atoms with Gasteiger partial charge < -0.3 is 0 Å². The molecule has 2 saturated carbocycles. The third kappa shape index (κ3) is 1.28. The maximum absolute atomic E-state index is 2.39. The lowest BCUT2D eigenvalue weighted by Gasteiger charge is -2.22. The number of aryl methyl sites for hydroxylation is 1. The smallest absolute Gasteiger partial charge is 0.0131 e. The van der Waals surface area contributed by atoms with Crippen LogP contribution in [-0.2, 0) is 0 Å². The predicted molar refractivity (Wildman–Crippen MR) is 59.4 cm³/mol. The van der Waals surface area contributed by atoms with E-state index in [2.05, 4.69) is 31.2 Å². The zero-order chi connectivity index (χ0) is 9.54. The van der Waals surface area contributed by atoms with Crippen molar-refractivity contribution in [3.05, 3.63) is 35.4 Å². The minimum atomic E-state index is 0.897. The fourth-order valence-corrected chi connectivity index (χ4v) is 3.55. The van der Waals surface area contributed by atoms with E-state index in [1.807, 2.05) is 0 Å². The van der Waals surface area contributed by atoms with Gasteiger partial charge in [-0.2, -0.15) is 0 Å². The van der Waals surface area contributed by atoms with Crippen molar-refractivity contribution in [3.63, 3.8) is 0 Å². The lowest BCUT2D eigenvalue weighted by Crippen LogP contribution is -2.08. The zero-order valence-electron chi connectivity index (χ0n) is 8.87. The van der Waals surface area contributed by atoms with E-state index in [4.69, 9.17) is 0 Å². The Kier molecular flexibility index (Phi) is 1.90. The van der Waals surface area contributed by atoms with Gasteiger partial charge in [0.1, 0.15) is 0 Å². The third-order valence-corrected chi connectivity index (χ3v) is 4.21. The highest BCUT2D eigenvalue weighted by Crippen LogP contribution is 2.52. The average molecular weight is 186 g/mol. The Bertz CT molecular complexity index is 340. The molecule has 0 unspecified atom stereocenters. The molecule has 14 heavy (non-hydrogen) atoms. The molecule has 2 aliphatic carbocycles. The summed E-state index contributed by atoms with van der Waals surface area (Å²) in [7, 11) is 0. The molecule has 0 amide bonds. The van der Waals surface area contributed by atoms with Gasteiger partial charge in [0.25, 0.3) is 0 Å². The molecular weight excluding hydrogens is 168 g/mol. The molecule has 0 radical (unpaired) electrons. The first-order valence-electron chi connectivity index (χ1n) is 5.89. The van der Waals surface area contributed by atoms with Gasteiger partial charge in [0, 0.05) is 0 Å². The van der Waals surface area contributed by atoms with E-state index in [0.717, 1.165) is 17.8 Å². The lowest BCUT2D eigenvalue weighted by molar-refractivity contribution is 0.420. The summed E-state index contributed by atoms with van der Waals surface area (Å²) in [5.41, 5.74) is 3.03. The van der Waals surface area contributed by atoms with Crippen molar-refractivity contribution in [2.45, 2.75) is 38.5 Å². The highest BCUT2D eigenvalue weighted by Gasteiger charge is 2.39. The first-order valence-corrected chi connectivity index (χ1v) is 5.89. The quantitative estimate of drug-likeness (QED) is 0.624. The summed E-state index contributed by atoms with van der Waals surface area (Å²) in [6.45, 7) is 2.21. The molecule has 2 bridgehead atoms. The maximum Gasteiger partial charge on any atom is -0.0131 e. The zero-order valence-corrected chi connectivity index (χ0v) is 8.87. The average Bonchev–Trinajstić information content (AvgIpc) is 2.78. The summed E-state index contributed by atoms with van der Waals surface area (Å²) < 4.78 is 0. The van der Waals surface area contributed by atoms with Gasteiger partial charge in [-0.3, -0.25) is 0 Å². The number of hydrogen-bond acceptors (Lipinski definition) is 0. The summed E-state index contributed by atoms with van der Waals surface area (Å²) in [6.07, 6.45) is 5.98. The second-order valence-electron chi connectivity index (χ2n) is 5.20. The van der Waals surface area contributed by atoms with E-state index in [0.29, 0.717) is 0 Å². The lowest BCUT2D eigenvalue weighted by atomic mass is 9.83. The molecule has 0 N–H and O–H groups in total. The van der Waals surface area contributed by atoms with Crippen molar-refractivity contribution in [1.29, 1.82) is 0 Å². The summed E-state index contributed by atoms with van der Waals surface area (Å²) in [5, 5.41) is 0. The number of rotatable bonds is 1. The molecule has 2 fully saturated rings. The van der Waals surface area contributed by atoms with Crippen LogP contribution >= 0.6 is 0 Å². The Hall–Kier alpha value is -0.780. The van der Waals surface area contributed by atoms with Gasteiger partial charge in [0.05, 0.1) is 0 Å². The molecule has 2 aliphatic rings. The topological polar surface area (TPSA) is 0 Å². The number of fused-ring (bicyclic) bond motifs is 2. The van der Waals surface area contributed by atoms with Crippen molar-refractivity contribution in [2.24, 2.45) is 11.8 Å². The molecule has 0 nitrogen and oxygen atoms in total. The summed E-state index contributed by atoms with van der Waals surface area (Å²) in [5.74, 6) is 2.97. The SMILES string of the molecule is Cc1cccc([C@@H]2C[C@H]3CC[C@@H]2C3)c1. The van der Waals surface area contributed by atoms with Crippen LogP contribution in [0.4, 0.5) is 0 Å². The van der Waals surface area contributed by atoms with E-state index >= 15 is 0 Å². The maximum atomic E-state index is 2.39. The van der Waals surface area contributed by atoms with Gasteiger partial charge in [-0.05, 0) is 49.5 Å². The van der Waals surface area contributed by atoms with Crippen molar-refractivity contribution < 1.29 is 0 Å². The molecule has 74 valence electrons. The van der Waals surface area contributed by atoms with Gasteiger partial charge in [-0.15, -0.1) is 0 Å². The second-order valence-corrected chi connectivity index (χ2v) is 5.20. The normalized spacial score (nSPS) is 35.1. The predicted octanol–water partition coefficient (Wildman–Crippen LogP) is 3.90. The Morgan fingerprint density at radius 3 is 2.71 bits per heavy atom. The van der Waals surface area contributed by atoms with Crippen LogP contribution in [0.3, 0.4) is 0 Å². The number of hydrogen-bond donors (Lipinski definition) is 0. The Morgan fingerprint density at radius 1 is 1.14 bits per heavy atom. The van der Waals surface area contributed by atoms with Gasteiger partial charge in [-0.25, -0.2) is 0 Å². The van der Waals surface area contributed by atoms with E-state index in [1.165, 1.54) is 31.2 Å². The van der Waals surface area contributed by atoms with Crippen LogP contribution in [0.5, 0.6) is 0 Å². The number of benzene rings is 1. The van der Waals surface area contributed by atoms with E-state index in [-0.39, 0.29) is 0 Å². The van der Waals surface area contributed by atoms with Crippen LogP contribution in [0, 0.1) is 18.8 Å². The highest BCUT2D eigenvalue weighted by molar-refractivity contribution is 5.27. The van der Waals surface area contributed by atoms with Gasteiger partial charge >= 0.3 is 0 Å². The van der Waals surface area contributed by atoms with Crippen molar-refractivity contribution in [2.75, 3.05) is 0 Å².